The number of benzene rings is 2. The smallest absolute Gasteiger partial charge is 0.123 e. The normalized spacial score (nSPS) is 13.1. The van der Waals surface area contributed by atoms with Crippen molar-refractivity contribution in [3.63, 3.8) is 0 Å². The van der Waals surface area contributed by atoms with Crippen LogP contribution in [-0.2, 0) is 12.8 Å². The van der Waals surface area contributed by atoms with Gasteiger partial charge in [0.1, 0.15) is 11.6 Å². The van der Waals surface area contributed by atoms with Crippen LogP contribution >= 0.6 is 11.8 Å². The SMILES string of the molecule is COc1ccc2c(c1)c1c(n2C)-c2cc(F)ccc2SC1. The molecule has 21 heavy (non-hydrogen) atoms. The molecule has 0 saturated carbocycles. The lowest BCUT2D eigenvalue weighted by Crippen LogP contribution is -1.99. The number of nitrogens with zero attached hydrogens (tertiary/aromatic N) is 1. The largest absolute Gasteiger partial charge is 0.497 e. The highest BCUT2D eigenvalue weighted by atomic mass is 32.2. The van der Waals surface area contributed by atoms with Crippen molar-refractivity contribution in [1.82, 2.24) is 4.57 Å². The number of aromatic nitrogens is 1. The Morgan fingerprint density at radius 1 is 1.19 bits per heavy atom. The molecule has 1 aromatic heterocycles. The summed E-state index contributed by atoms with van der Waals surface area (Å²) in [5.41, 5.74) is 4.51. The molecule has 1 aliphatic heterocycles. The number of thioether (sulfide) groups is 1. The fourth-order valence-corrected chi connectivity index (χ4v) is 4.15. The molecule has 106 valence electrons. The first-order chi connectivity index (χ1) is 10.2. The summed E-state index contributed by atoms with van der Waals surface area (Å²) in [6, 6.07) is 11.1. The molecule has 2 heterocycles. The monoisotopic (exact) mass is 299 g/mol. The number of fused-ring (bicyclic) bond motifs is 5. The van der Waals surface area contributed by atoms with Crippen molar-refractivity contribution < 1.29 is 9.13 Å². The Labute approximate surface area is 126 Å². The van der Waals surface area contributed by atoms with Crippen molar-refractivity contribution in [3.8, 4) is 17.0 Å². The molecule has 0 radical (unpaired) electrons. The van der Waals surface area contributed by atoms with Gasteiger partial charge in [0.25, 0.3) is 0 Å². The second-order valence-electron chi connectivity index (χ2n) is 5.20. The summed E-state index contributed by atoms with van der Waals surface area (Å²) >= 11 is 1.76. The van der Waals surface area contributed by atoms with E-state index in [-0.39, 0.29) is 5.82 Å². The van der Waals surface area contributed by atoms with E-state index in [1.54, 1.807) is 24.9 Å². The summed E-state index contributed by atoms with van der Waals surface area (Å²) in [6.45, 7) is 0. The van der Waals surface area contributed by atoms with E-state index in [1.807, 2.05) is 19.2 Å². The van der Waals surface area contributed by atoms with E-state index in [0.717, 1.165) is 33.2 Å². The number of hydrogen-bond donors (Lipinski definition) is 0. The summed E-state index contributed by atoms with van der Waals surface area (Å²) in [5.74, 6) is 1.56. The summed E-state index contributed by atoms with van der Waals surface area (Å²) in [7, 11) is 3.72. The Kier molecular flexibility index (Phi) is 2.76. The summed E-state index contributed by atoms with van der Waals surface area (Å²) < 4.78 is 21.1. The Morgan fingerprint density at radius 3 is 2.86 bits per heavy atom. The topological polar surface area (TPSA) is 14.2 Å². The quantitative estimate of drug-likeness (QED) is 0.652. The first-order valence-electron chi connectivity index (χ1n) is 6.77. The number of rotatable bonds is 1. The van der Waals surface area contributed by atoms with Gasteiger partial charge in [-0.25, -0.2) is 4.39 Å². The minimum Gasteiger partial charge on any atom is -0.497 e. The molecule has 0 bridgehead atoms. The molecule has 0 saturated heterocycles. The van der Waals surface area contributed by atoms with Gasteiger partial charge < -0.3 is 9.30 Å². The van der Waals surface area contributed by atoms with Crippen molar-refractivity contribution in [2.75, 3.05) is 7.11 Å². The van der Waals surface area contributed by atoms with Crippen molar-refractivity contribution >= 4 is 22.7 Å². The van der Waals surface area contributed by atoms with Gasteiger partial charge in [0.15, 0.2) is 0 Å². The lowest BCUT2D eigenvalue weighted by atomic mass is 10.1. The van der Waals surface area contributed by atoms with Crippen LogP contribution in [0.25, 0.3) is 22.2 Å². The van der Waals surface area contributed by atoms with Crippen LogP contribution in [0.2, 0.25) is 0 Å². The molecule has 0 amide bonds. The van der Waals surface area contributed by atoms with E-state index >= 15 is 0 Å². The molecule has 1 aliphatic rings. The predicted molar refractivity (Wildman–Crippen MR) is 84.4 cm³/mol. The second kappa shape index (κ2) is 4.53. The molecule has 0 fully saturated rings. The standard InChI is InChI=1S/C17H14FNOS/c1-19-15-5-4-11(20-2)8-12(15)14-9-21-16-6-3-10(18)7-13(16)17(14)19/h3-8H,9H2,1-2H3. The summed E-state index contributed by atoms with van der Waals surface area (Å²) in [6.07, 6.45) is 0. The van der Waals surface area contributed by atoms with Gasteiger partial charge in [-0.15, -0.1) is 11.8 Å². The van der Waals surface area contributed by atoms with Gasteiger partial charge in [0.2, 0.25) is 0 Å². The van der Waals surface area contributed by atoms with Gasteiger partial charge in [-0.2, -0.15) is 0 Å². The third-order valence-corrected chi connectivity index (χ3v) is 5.18. The van der Waals surface area contributed by atoms with Gasteiger partial charge in [-0.1, -0.05) is 0 Å². The molecule has 0 atom stereocenters. The Hall–Kier alpha value is -1.94. The van der Waals surface area contributed by atoms with Gasteiger partial charge in [-0.3, -0.25) is 0 Å². The van der Waals surface area contributed by atoms with Crippen LogP contribution in [0.15, 0.2) is 41.3 Å². The predicted octanol–water partition coefficient (Wildman–Crippen LogP) is 4.60. The van der Waals surface area contributed by atoms with Crippen LogP contribution in [0.4, 0.5) is 4.39 Å². The van der Waals surface area contributed by atoms with Gasteiger partial charge in [-0.05, 0) is 42.0 Å². The maximum absolute atomic E-state index is 13.7. The molecule has 0 spiro atoms. The zero-order chi connectivity index (χ0) is 14.6. The van der Waals surface area contributed by atoms with Crippen LogP contribution in [0.3, 0.4) is 0 Å². The highest BCUT2D eigenvalue weighted by Gasteiger charge is 2.24. The Morgan fingerprint density at radius 2 is 2.05 bits per heavy atom. The molecule has 2 aromatic carbocycles. The molecule has 0 N–H and O–H groups in total. The first kappa shape index (κ1) is 12.8. The molecule has 3 aromatic rings. The number of methoxy groups -OCH3 is 1. The van der Waals surface area contributed by atoms with E-state index in [1.165, 1.54) is 17.0 Å². The van der Waals surface area contributed by atoms with Crippen LogP contribution in [0.1, 0.15) is 5.56 Å². The lowest BCUT2D eigenvalue weighted by molar-refractivity contribution is 0.415. The average Bonchev–Trinajstić information content (AvgIpc) is 2.80. The van der Waals surface area contributed by atoms with E-state index in [2.05, 4.69) is 16.7 Å². The molecular formula is C17H14FNOS. The number of halogens is 1. The zero-order valence-corrected chi connectivity index (χ0v) is 12.6. The lowest BCUT2D eigenvalue weighted by Gasteiger charge is -2.18. The molecule has 0 unspecified atom stereocenters. The minimum absolute atomic E-state index is 0.190. The fraction of sp³-hybridized carbons (Fsp3) is 0.176. The highest BCUT2D eigenvalue weighted by Crippen LogP contribution is 2.46. The van der Waals surface area contributed by atoms with Gasteiger partial charge >= 0.3 is 0 Å². The average molecular weight is 299 g/mol. The maximum atomic E-state index is 13.7. The van der Waals surface area contributed by atoms with Crippen LogP contribution in [0.5, 0.6) is 5.75 Å². The van der Waals surface area contributed by atoms with Gasteiger partial charge in [0, 0.05) is 34.2 Å². The van der Waals surface area contributed by atoms with Crippen LogP contribution < -0.4 is 4.74 Å². The molecule has 4 heteroatoms. The van der Waals surface area contributed by atoms with Crippen molar-refractivity contribution in [2.24, 2.45) is 7.05 Å². The summed E-state index contributed by atoms with van der Waals surface area (Å²) in [5, 5.41) is 1.19. The number of hydrogen-bond acceptors (Lipinski definition) is 2. The molecule has 4 rings (SSSR count). The van der Waals surface area contributed by atoms with E-state index in [9.17, 15) is 4.39 Å². The highest BCUT2D eigenvalue weighted by molar-refractivity contribution is 7.98. The second-order valence-corrected chi connectivity index (χ2v) is 6.22. The number of ether oxygens (including phenoxy) is 1. The molecule has 2 nitrogen and oxygen atoms in total. The van der Waals surface area contributed by atoms with Gasteiger partial charge in [0.05, 0.1) is 12.8 Å². The van der Waals surface area contributed by atoms with E-state index < -0.39 is 0 Å². The minimum atomic E-state index is -0.190. The number of aryl methyl sites for hydroxylation is 1. The van der Waals surface area contributed by atoms with E-state index in [4.69, 9.17) is 4.74 Å². The maximum Gasteiger partial charge on any atom is 0.123 e. The molecular weight excluding hydrogens is 285 g/mol. The van der Waals surface area contributed by atoms with Crippen molar-refractivity contribution in [2.45, 2.75) is 10.6 Å². The van der Waals surface area contributed by atoms with E-state index in [0.29, 0.717) is 0 Å². The fourth-order valence-electron chi connectivity index (χ4n) is 3.08. The van der Waals surface area contributed by atoms with Crippen molar-refractivity contribution in [3.05, 3.63) is 47.8 Å². The molecule has 0 aliphatic carbocycles. The Bertz CT molecular complexity index is 869. The summed E-state index contributed by atoms with van der Waals surface area (Å²) in [4.78, 5) is 1.14. The van der Waals surface area contributed by atoms with Crippen LogP contribution in [0, 0.1) is 5.82 Å². The zero-order valence-electron chi connectivity index (χ0n) is 11.8. The third kappa shape index (κ3) is 1.79. The Balaban J connectivity index is 2.08. The van der Waals surface area contributed by atoms with Crippen LogP contribution in [-0.4, -0.2) is 11.7 Å². The third-order valence-electron chi connectivity index (χ3n) is 4.08. The first-order valence-corrected chi connectivity index (χ1v) is 7.75. The van der Waals surface area contributed by atoms with Crippen molar-refractivity contribution in [1.29, 1.82) is 0 Å².